The van der Waals surface area contributed by atoms with E-state index in [1.807, 2.05) is 0 Å². The third kappa shape index (κ3) is 2.97. The summed E-state index contributed by atoms with van der Waals surface area (Å²) in [7, 11) is -0.993. The highest BCUT2D eigenvalue weighted by molar-refractivity contribution is 6.44. The predicted octanol–water partition coefficient (Wildman–Crippen LogP) is 0.552. The van der Waals surface area contributed by atoms with Gasteiger partial charge in [-0.25, -0.2) is 4.79 Å². The SMILES string of the molecule is O=C(O)c1c(OCC2OCCO2)ccc2c1OB(O)CC2. The molecule has 0 atom stereocenters. The zero-order chi connectivity index (χ0) is 14.8. The fourth-order valence-corrected chi connectivity index (χ4v) is 2.40. The van der Waals surface area contributed by atoms with E-state index in [1.54, 1.807) is 12.1 Å². The topological polar surface area (TPSA) is 94.5 Å². The number of carbonyl (C=O) groups is 1. The van der Waals surface area contributed by atoms with Gasteiger partial charge in [-0.05, 0) is 24.4 Å². The van der Waals surface area contributed by atoms with E-state index in [1.165, 1.54) is 0 Å². The van der Waals surface area contributed by atoms with Crippen LogP contribution in [0.2, 0.25) is 6.32 Å². The van der Waals surface area contributed by atoms with Crippen molar-refractivity contribution in [2.45, 2.75) is 19.0 Å². The monoisotopic (exact) mass is 294 g/mol. The van der Waals surface area contributed by atoms with E-state index in [0.29, 0.717) is 26.0 Å². The lowest BCUT2D eigenvalue weighted by Gasteiger charge is -2.23. The van der Waals surface area contributed by atoms with Crippen molar-refractivity contribution in [2.24, 2.45) is 0 Å². The Bertz CT molecular complexity index is 542. The van der Waals surface area contributed by atoms with Gasteiger partial charge in [0.2, 0.25) is 0 Å². The minimum absolute atomic E-state index is 0.0794. The van der Waals surface area contributed by atoms with Crippen molar-refractivity contribution in [3.63, 3.8) is 0 Å². The zero-order valence-electron chi connectivity index (χ0n) is 11.3. The number of ether oxygens (including phenoxy) is 3. The summed E-state index contributed by atoms with van der Waals surface area (Å²) in [6, 6.07) is 3.34. The Morgan fingerprint density at radius 1 is 1.38 bits per heavy atom. The second-order valence-corrected chi connectivity index (χ2v) is 4.83. The van der Waals surface area contributed by atoms with Crippen molar-refractivity contribution in [3.8, 4) is 11.5 Å². The van der Waals surface area contributed by atoms with Gasteiger partial charge >= 0.3 is 13.1 Å². The van der Waals surface area contributed by atoms with Crippen LogP contribution in [0.4, 0.5) is 0 Å². The number of hydrogen-bond acceptors (Lipinski definition) is 6. The van der Waals surface area contributed by atoms with Crippen LogP contribution in [0.1, 0.15) is 15.9 Å². The Kier molecular flexibility index (Phi) is 4.00. The fourth-order valence-electron chi connectivity index (χ4n) is 2.40. The number of carboxylic acids is 1. The van der Waals surface area contributed by atoms with Crippen molar-refractivity contribution < 1.29 is 33.8 Å². The van der Waals surface area contributed by atoms with E-state index in [-0.39, 0.29) is 23.7 Å². The highest BCUT2D eigenvalue weighted by Gasteiger charge is 2.30. The first-order valence-corrected chi connectivity index (χ1v) is 6.75. The molecule has 0 spiro atoms. The first-order valence-electron chi connectivity index (χ1n) is 6.75. The Balaban J connectivity index is 1.85. The second kappa shape index (κ2) is 5.93. The maximum absolute atomic E-state index is 11.5. The molecular weight excluding hydrogens is 279 g/mol. The largest absolute Gasteiger partial charge is 0.535 e. The molecule has 2 aliphatic heterocycles. The summed E-state index contributed by atoms with van der Waals surface area (Å²) in [6.07, 6.45) is 0.510. The summed E-state index contributed by atoms with van der Waals surface area (Å²) in [4.78, 5) is 11.5. The van der Waals surface area contributed by atoms with Crippen molar-refractivity contribution in [2.75, 3.05) is 19.8 Å². The van der Waals surface area contributed by atoms with Gasteiger partial charge in [-0.1, -0.05) is 6.07 Å². The standard InChI is InChI=1S/C13H15BO7/c15-13(16)11-9(20-7-10-18-5-6-19-10)2-1-8-3-4-14(17)21-12(8)11/h1-2,10,17H,3-7H2,(H,15,16). The zero-order valence-corrected chi connectivity index (χ0v) is 11.3. The molecule has 0 radical (unpaired) electrons. The molecule has 1 aromatic carbocycles. The van der Waals surface area contributed by atoms with Crippen molar-refractivity contribution in [1.82, 2.24) is 0 Å². The maximum Gasteiger partial charge on any atom is 0.522 e. The molecule has 8 heteroatoms. The lowest BCUT2D eigenvalue weighted by molar-refractivity contribution is -0.0685. The molecule has 0 aromatic heterocycles. The molecule has 21 heavy (non-hydrogen) atoms. The molecule has 0 amide bonds. The molecule has 2 N–H and O–H groups in total. The molecule has 3 rings (SSSR count). The van der Waals surface area contributed by atoms with Gasteiger partial charge in [0.25, 0.3) is 0 Å². The maximum atomic E-state index is 11.5. The van der Waals surface area contributed by atoms with Gasteiger partial charge in [-0.2, -0.15) is 0 Å². The number of hydrogen-bond donors (Lipinski definition) is 2. The van der Waals surface area contributed by atoms with Crippen molar-refractivity contribution in [1.29, 1.82) is 0 Å². The number of fused-ring (bicyclic) bond motifs is 1. The van der Waals surface area contributed by atoms with E-state index in [0.717, 1.165) is 5.56 Å². The predicted molar refractivity (Wildman–Crippen MR) is 71.7 cm³/mol. The second-order valence-electron chi connectivity index (χ2n) is 4.83. The molecule has 2 aliphatic rings. The fraction of sp³-hybridized carbons (Fsp3) is 0.462. The normalized spacial score (nSPS) is 18.2. The van der Waals surface area contributed by atoms with E-state index >= 15 is 0 Å². The Hall–Kier alpha value is -1.77. The molecule has 0 saturated carbocycles. The third-order valence-electron chi connectivity index (χ3n) is 3.40. The molecule has 0 aliphatic carbocycles. The van der Waals surface area contributed by atoms with Crippen LogP contribution in [0.5, 0.6) is 11.5 Å². The first-order chi connectivity index (χ1) is 10.1. The molecule has 0 unspecified atom stereocenters. The average molecular weight is 294 g/mol. The Labute approximate surface area is 121 Å². The number of benzene rings is 1. The van der Waals surface area contributed by atoms with E-state index in [4.69, 9.17) is 18.9 Å². The Morgan fingerprint density at radius 3 is 2.86 bits per heavy atom. The van der Waals surface area contributed by atoms with Gasteiger partial charge in [0, 0.05) is 0 Å². The van der Waals surface area contributed by atoms with Gasteiger partial charge in [0.15, 0.2) is 6.29 Å². The number of rotatable bonds is 4. The van der Waals surface area contributed by atoms with E-state index in [9.17, 15) is 14.9 Å². The molecule has 1 saturated heterocycles. The lowest BCUT2D eigenvalue weighted by Crippen LogP contribution is -2.28. The Morgan fingerprint density at radius 2 is 2.14 bits per heavy atom. The molecule has 1 fully saturated rings. The summed E-state index contributed by atoms with van der Waals surface area (Å²) < 4.78 is 21.2. The highest BCUT2D eigenvalue weighted by atomic mass is 16.7. The minimum Gasteiger partial charge on any atom is -0.535 e. The van der Waals surface area contributed by atoms with Gasteiger partial charge in [-0.15, -0.1) is 0 Å². The van der Waals surface area contributed by atoms with Crippen molar-refractivity contribution >= 4 is 13.1 Å². The van der Waals surface area contributed by atoms with Crippen LogP contribution in [0.15, 0.2) is 12.1 Å². The van der Waals surface area contributed by atoms with Crippen LogP contribution in [0, 0.1) is 0 Å². The molecule has 1 aromatic rings. The highest BCUT2D eigenvalue weighted by Crippen LogP contribution is 2.36. The summed E-state index contributed by atoms with van der Waals surface area (Å²) in [5, 5.41) is 19.0. The average Bonchev–Trinajstić information content (AvgIpc) is 2.97. The summed E-state index contributed by atoms with van der Waals surface area (Å²) in [6.45, 7) is 1.10. The summed E-state index contributed by atoms with van der Waals surface area (Å²) in [5.74, 6) is -0.814. The van der Waals surface area contributed by atoms with Crippen molar-refractivity contribution in [3.05, 3.63) is 23.3 Å². The molecule has 112 valence electrons. The molecule has 2 heterocycles. The van der Waals surface area contributed by atoms with Crippen LogP contribution >= 0.6 is 0 Å². The van der Waals surface area contributed by atoms with Crippen LogP contribution in [0.25, 0.3) is 0 Å². The molecular formula is C13H15BO7. The summed E-state index contributed by atoms with van der Waals surface area (Å²) >= 11 is 0. The van der Waals surface area contributed by atoms with Crippen LogP contribution in [0.3, 0.4) is 0 Å². The number of aromatic carboxylic acids is 1. The third-order valence-corrected chi connectivity index (χ3v) is 3.40. The quantitative estimate of drug-likeness (QED) is 0.783. The van der Waals surface area contributed by atoms with E-state index < -0.39 is 19.4 Å². The first kappa shape index (κ1) is 14.2. The van der Waals surface area contributed by atoms with Gasteiger partial charge < -0.3 is 29.0 Å². The smallest absolute Gasteiger partial charge is 0.522 e. The molecule has 7 nitrogen and oxygen atoms in total. The van der Waals surface area contributed by atoms with Crippen LogP contribution in [-0.2, 0) is 15.9 Å². The molecule has 0 bridgehead atoms. The van der Waals surface area contributed by atoms with Crippen LogP contribution < -0.4 is 9.39 Å². The minimum atomic E-state index is -1.16. The lowest BCUT2D eigenvalue weighted by atomic mass is 9.78. The van der Waals surface area contributed by atoms with Gasteiger partial charge in [-0.3, -0.25) is 0 Å². The van der Waals surface area contributed by atoms with E-state index in [2.05, 4.69) is 0 Å². The van der Waals surface area contributed by atoms with Gasteiger partial charge in [0.1, 0.15) is 23.7 Å². The van der Waals surface area contributed by atoms with Gasteiger partial charge in [0.05, 0.1) is 13.2 Å². The number of carboxylic acid groups (broad SMARTS) is 1. The van der Waals surface area contributed by atoms with Crippen LogP contribution in [-0.4, -0.2) is 49.3 Å². The summed E-state index contributed by atoms with van der Waals surface area (Å²) in [5.41, 5.74) is 0.669. The number of aryl methyl sites for hydroxylation is 1.